The Balaban J connectivity index is 2.26. The van der Waals surface area contributed by atoms with Crippen molar-refractivity contribution >= 4 is 0 Å². The third-order valence-corrected chi connectivity index (χ3v) is 2.53. The summed E-state index contributed by atoms with van der Waals surface area (Å²) in [5.41, 5.74) is 1.23. The lowest BCUT2D eigenvalue weighted by molar-refractivity contribution is 0.405. The van der Waals surface area contributed by atoms with Gasteiger partial charge in [0.15, 0.2) is 0 Å². The predicted octanol–water partition coefficient (Wildman–Crippen LogP) is 1.17. The van der Waals surface area contributed by atoms with Crippen LogP contribution in [0.4, 0.5) is 0 Å². The van der Waals surface area contributed by atoms with E-state index in [-0.39, 0.29) is 0 Å². The van der Waals surface area contributed by atoms with E-state index in [1.165, 1.54) is 12.0 Å². The molecule has 0 aliphatic carbocycles. The number of aromatic nitrogens is 1. The van der Waals surface area contributed by atoms with Gasteiger partial charge in [0.05, 0.1) is 7.11 Å². The van der Waals surface area contributed by atoms with Gasteiger partial charge in [0.25, 0.3) is 0 Å². The van der Waals surface area contributed by atoms with Crippen LogP contribution in [-0.4, -0.2) is 25.2 Å². The Labute approximate surface area is 78.1 Å². The minimum atomic E-state index is 0.573. The van der Waals surface area contributed by atoms with Crippen molar-refractivity contribution in [2.75, 3.05) is 20.2 Å². The minimum Gasteiger partial charge on any atom is -0.496 e. The van der Waals surface area contributed by atoms with Gasteiger partial charge in [-0.2, -0.15) is 0 Å². The van der Waals surface area contributed by atoms with E-state index in [0.29, 0.717) is 5.92 Å². The first-order valence-corrected chi connectivity index (χ1v) is 4.60. The van der Waals surface area contributed by atoms with Gasteiger partial charge in [-0.25, -0.2) is 0 Å². The lowest BCUT2D eigenvalue weighted by Crippen LogP contribution is -2.08. The van der Waals surface area contributed by atoms with Crippen LogP contribution >= 0.6 is 0 Å². The summed E-state index contributed by atoms with van der Waals surface area (Å²) in [4.78, 5) is 4.13. The highest BCUT2D eigenvalue weighted by Gasteiger charge is 2.19. The molecule has 2 rings (SSSR count). The SMILES string of the molecule is COc1ccncc1[C@H]1CCNC1. The average molecular weight is 178 g/mol. The normalized spacial score (nSPS) is 21.8. The van der Waals surface area contributed by atoms with Gasteiger partial charge in [-0.3, -0.25) is 4.98 Å². The Morgan fingerprint density at radius 2 is 2.54 bits per heavy atom. The summed E-state index contributed by atoms with van der Waals surface area (Å²) in [7, 11) is 1.71. The fourth-order valence-corrected chi connectivity index (χ4v) is 1.81. The molecule has 1 atom stereocenters. The van der Waals surface area contributed by atoms with Crippen LogP contribution in [0.15, 0.2) is 18.5 Å². The summed E-state index contributed by atoms with van der Waals surface area (Å²) >= 11 is 0. The van der Waals surface area contributed by atoms with Crippen molar-refractivity contribution in [2.24, 2.45) is 0 Å². The number of methoxy groups -OCH3 is 1. The lowest BCUT2D eigenvalue weighted by Gasteiger charge is -2.12. The molecule has 2 heterocycles. The second kappa shape index (κ2) is 3.75. The lowest BCUT2D eigenvalue weighted by atomic mass is 9.99. The summed E-state index contributed by atoms with van der Waals surface area (Å²) in [5, 5.41) is 3.34. The van der Waals surface area contributed by atoms with Gasteiger partial charge in [0, 0.05) is 30.4 Å². The molecular formula is C10H14N2O. The van der Waals surface area contributed by atoms with Gasteiger partial charge in [-0.1, -0.05) is 0 Å². The van der Waals surface area contributed by atoms with Crippen molar-refractivity contribution in [3.63, 3.8) is 0 Å². The molecule has 0 amide bonds. The molecule has 1 aliphatic heterocycles. The van der Waals surface area contributed by atoms with Gasteiger partial charge in [0.1, 0.15) is 5.75 Å². The molecule has 1 aromatic heterocycles. The molecule has 3 heteroatoms. The van der Waals surface area contributed by atoms with E-state index in [2.05, 4.69) is 10.3 Å². The average Bonchev–Trinajstić information content (AvgIpc) is 2.70. The molecule has 1 aromatic rings. The topological polar surface area (TPSA) is 34.1 Å². The number of hydrogen-bond acceptors (Lipinski definition) is 3. The molecule has 1 fully saturated rings. The zero-order valence-corrected chi connectivity index (χ0v) is 7.79. The van der Waals surface area contributed by atoms with Crippen LogP contribution in [0.5, 0.6) is 5.75 Å². The zero-order valence-electron chi connectivity index (χ0n) is 7.79. The summed E-state index contributed by atoms with van der Waals surface area (Å²) in [6.45, 7) is 2.14. The van der Waals surface area contributed by atoms with Crippen molar-refractivity contribution in [2.45, 2.75) is 12.3 Å². The summed E-state index contributed by atoms with van der Waals surface area (Å²) < 4.78 is 5.29. The van der Waals surface area contributed by atoms with Crippen molar-refractivity contribution in [3.05, 3.63) is 24.0 Å². The van der Waals surface area contributed by atoms with Crippen LogP contribution in [0.2, 0.25) is 0 Å². The van der Waals surface area contributed by atoms with Crippen LogP contribution in [0.25, 0.3) is 0 Å². The number of pyridine rings is 1. The Kier molecular flexibility index (Phi) is 2.45. The molecular weight excluding hydrogens is 164 g/mol. The van der Waals surface area contributed by atoms with Crippen LogP contribution in [0, 0.1) is 0 Å². The van der Waals surface area contributed by atoms with Gasteiger partial charge in [-0.15, -0.1) is 0 Å². The van der Waals surface area contributed by atoms with E-state index in [0.717, 1.165) is 18.8 Å². The van der Waals surface area contributed by atoms with Crippen LogP contribution < -0.4 is 10.1 Å². The minimum absolute atomic E-state index is 0.573. The quantitative estimate of drug-likeness (QED) is 0.738. The molecule has 0 spiro atoms. The third-order valence-electron chi connectivity index (χ3n) is 2.53. The Morgan fingerprint density at radius 3 is 3.23 bits per heavy atom. The number of rotatable bonds is 2. The molecule has 0 saturated carbocycles. The first kappa shape index (κ1) is 8.51. The van der Waals surface area contributed by atoms with E-state index in [1.54, 1.807) is 13.3 Å². The fraction of sp³-hybridized carbons (Fsp3) is 0.500. The van der Waals surface area contributed by atoms with Crippen LogP contribution in [0.1, 0.15) is 17.9 Å². The van der Waals surface area contributed by atoms with Gasteiger partial charge >= 0.3 is 0 Å². The molecule has 0 aromatic carbocycles. The van der Waals surface area contributed by atoms with E-state index >= 15 is 0 Å². The van der Waals surface area contributed by atoms with Gasteiger partial charge in [-0.05, 0) is 19.0 Å². The number of nitrogens with one attached hydrogen (secondary N) is 1. The number of hydrogen-bond donors (Lipinski definition) is 1. The maximum absolute atomic E-state index is 5.29. The van der Waals surface area contributed by atoms with E-state index in [1.807, 2.05) is 12.3 Å². The van der Waals surface area contributed by atoms with Crippen LogP contribution in [0.3, 0.4) is 0 Å². The molecule has 0 bridgehead atoms. The van der Waals surface area contributed by atoms with Crippen molar-refractivity contribution in [1.82, 2.24) is 10.3 Å². The zero-order chi connectivity index (χ0) is 9.10. The molecule has 1 saturated heterocycles. The van der Waals surface area contributed by atoms with Crippen LogP contribution in [-0.2, 0) is 0 Å². The Hall–Kier alpha value is -1.09. The van der Waals surface area contributed by atoms with E-state index in [9.17, 15) is 0 Å². The monoisotopic (exact) mass is 178 g/mol. The predicted molar refractivity (Wildman–Crippen MR) is 51.0 cm³/mol. The van der Waals surface area contributed by atoms with Gasteiger partial charge in [0.2, 0.25) is 0 Å². The van der Waals surface area contributed by atoms with E-state index in [4.69, 9.17) is 4.74 Å². The molecule has 1 N–H and O–H groups in total. The summed E-state index contributed by atoms with van der Waals surface area (Å²) in [6.07, 6.45) is 4.86. The Bertz CT molecular complexity index is 282. The number of ether oxygens (including phenoxy) is 1. The Morgan fingerprint density at radius 1 is 1.62 bits per heavy atom. The molecule has 0 radical (unpaired) electrons. The fourth-order valence-electron chi connectivity index (χ4n) is 1.81. The van der Waals surface area contributed by atoms with Crippen molar-refractivity contribution < 1.29 is 4.74 Å². The first-order valence-electron chi connectivity index (χ1n) is 4.60. The second-order valence-electron chi connectivity index (χ2n) is 3.31. The van der Waals surface area contributed by atoms with E-state index < -0.39 is 0 Å². The highest BCUT2D eigenvalue weighted by atomic mass is 16.5. The largest absolute Gasteiger partial charge is 0.496 e. The summed E-state index contributed by atoms with van der Waals surface area (Å²) in [6, 6.07) is 1.92. The van der Waals surface area contributed by atoms with Crippen molar-refractivity contribution in [1.29, 1.82) is 0 Å². The summed E-state index contributed by atoms with van der Waals surface area (Å²) in [5.74, 6) is 1.53. The third kappa shape index (κ3) is 1.65. The maximum Gasteiger partial charge on any atom is 0.125 e. The molecule has 3 nitrogen and oxygen atoms in total. The van der Waals surface area contributed by atoms with Gasteiger partial charge < -0.3 is 10.1 Å². The standard InChI is InChI=1S/C10H14N2O/c1-13-10-3-5-12-7-9(10)8-2-4-11-6-8/h3,5,7-8,11H,2,4,6H2,1H3/t8-/m0/s1. The maximum atomic E-state index is 5.29. The highest BCUT2D eigenvalue weighted by molar-refractivity contribution is 5.34. The molecule has 0 unspecified atom stereocenters. The molecule has 1 aliphatic rings. The number of nitrogens with zero attached hydrogens (tertiary/aromatic N) is 1. The first-order chi connectivity index (χ1) is 6.42. The molecule has 70 valence electrons. The molecule has 13 heavy (non-hydrogen) atoms. The highest BCUT2D eigenvalue weighted by Crippen LogP contribution is 2.29. The second-order valence-corrected chi connectivity index (χ2v) is 3.31. The smallest absolute Gasteiger partial charge is 0.125 e. The van der Waals surface area contributed by atoms with Crippen molar-refractivity contribution in [3.8, 4) is 5.75 Å².